The normalized spacial score (nSPS) is 9.62. The Morgan fingerprint density at radius 1 is 1.50 bits per heavy atom. The molecule has 0 atom stereocenters. The fraction of sp³-hybridized carbons (Fsp3) is 0.273. The van der Waals surface area contributed by atoms with Gasteiger partial charge in [-0.1, -0.05) is 15.9 Å². The highest BCUT2D eigenvalue weighted by atomic mass is 79.9. The van der Waals surface area contributed by atoms with Crippen molar-refractivity contribution in [1.82, 2.24) is 5.32 Å². The number of hydrogen-bond acceptors (Lipinski definition) is 3. The summed E-state index contributed by atoms with van der Waals surface area (Å²) in [4.78, 5) is 12.2. The maximum Gasteiger partial charge on any atom is 0.243 e. The van der Waals surface area contributed by atoms with Crippen LogP contribution in [0.1, 0.15) is 11.1 Å². The predicted molar refractivity (Wildman–Crippen MR) is 68.1 cm³/mol. The van der Waals surface area contributed by atoms with E-state index in [0.717, 1.165) is 20.5 Å². The van der Waals surface area contributed by atoms with Crippen LogP contribution in [0.3, 0.4) is 0 Å². The van der Waals surface area contributed by atoms with Crippen LogP contribution in [0.4, 0.5) is 0 Å². The van der Waals surface area contributed by atoms with Crippen molar-refractivity contribution in [1.29, 1.82) is 5.26 Å². The molecule has 0 unspecified atom stereocenters. The molecular weight excluding hydrogens is 288 g/mol. The lowest BCUT2D eigenvalue weighted by Gasteiger charge is -2.07. The zero-order valence-electron chi connectivity index (χ0n) is 9.00. The second-order valence-corrected chi connectivity index (χ2v) is 5.19. The zero-order chi connectivity index (χ0) is 12.1. The first kappa shape index (κ1) is 13.1. The predicted octanol–water partition coefficient (Wildman–Crippen LogP) is 2.76. The largest absolute Gasteiger partial charge is 0.273 e. The van der Waals surface area contributed by atoms with E-state index in [1.165, 1.54) is 11.8 Å². The Morgan fingerprint density at radius 3 is 2.81 bits per heavy atom. The second-order valence-electron chi connectivity index (χ2n) is 3.32. The maximum absolute atomic E-state index is 11.1. The lowest BCUT2D eigenvalue weighted by atomic mass is 10.2. The van der Waals surface area contributed by atoms with Crippen molar-refractivity contribution in [2.24, 2.45) is 0 Å². The number of nitrogens with one attached hydrogen (secondary N) is 1. The Balaban J connectivity index is 2.72. The van der Waals surface area contributed by atoms with E-state index in [0.29, 0.717) is 0 Å². The number of aryl methyl sites for hydroxylation is 2. The summed E-state index contributed by atoms with van der Waals surface area (Å²) in [5, 5.41) is 10.4. The highest BCUT2D eigenvalue weighted by molar-refractivity contribution is 9.10. The first-order valence-electron chi connectivity index (χ1n) is 4.62. The molecule has 84 valence electrons. The second kappa shape index (κ2) is 5.92. The molecule has 0 fully saturated rings. The molecule has 0 saturated heterocycles. The molecule has 1 aromatic carbocycles. The van der Waals surface area contributed by atoms with E-state index in [4.69, 9.17) is 5.26 Å². The van der Waals surface area contributed by atoms with Gasteiger partial charge in [-0.25, -0.2) is 0 Å². The summed E-state index contributed by atoms with van der Waals surface area (Å²) in [5.41, 5.74) is 2.25. The van der Waals surface area contributed by atoms with Crippen molar-refractivity contribution in [3.63, 3.8) is 0 Å². The Morgan fingerprint density at radius 2 is 2.19 bits per heavy atom. The van der Waals surface area contributed by atoms with Crippen molar-refractivity contribution in [3.8, 4) is 6.19 Å². The molecule has 0 bridgehead atoms. The van der Waals surface area contributed by atoms with E-state index in [-0.39, 0.29) is 11.7 Å². The van der Waals surface area contributed by atoms with Gasteiger partial charge in [0.2, 0.25) is 5.91 Å². The topological polar surface area (TPSA) is 52.9 Å². The van der Waals surface area contributed by atoms with E-state index in [2.05, 4.69) is 21.2 Å². The number of hydrogen-bond donors (Lipinski definition) is 1. The maximum atomic E-state index is 11.1. The summed E-state index contributed by atoms with van der Waals surface area (Å²) in [6.07, 6.45) is 1.62. The van der Waals surface area contributed by atoms with E-state index >= 15 is 0 Å². The van der Waals surface area contributed by atoms with Crippen LogP contribution >= 0.6 is 27.7 Å². The van der Waals surface area contributed by atoms with E-state index in [1.54, 1.807) is 6.19 Å². The van der Waals surface area contributed by atoms with Crippen LogP contribution in [0, 0.1) is 25.3 Å². The van der Waals surface area contributed by atoms with Gasteiger partial charge in [0.1, 0.15) is 0 Å². The number of rotatable bonds is 3. The first-order valence-corrected chi connectivity index (χ1v) is 6.40. The fourth-order valence-corrected chi connectivity index (χ4v) is 2.52. The minimum Gasteiger partial charge on any atom is -0.273 e. The lowest BCUT2D eigenvalue weighted by Crippen LogP contribution is -2.19. The first-order chi connectivity index (χ1) is 7.54. The van der Waals surface area contributed by atoms with Gasteiger partial charge in [0.05, 0.1) is 5.75 Å². The molecule has 3 nitrogen and oxygen atoms in total. The molecular formula is C11H11BrN2OS. The Kier molecular flexibility index (Phi) is 4.84. The molecule has 1 aromatic rings. The molecule has 0 saturated carbocycles. The molecule has 16 heavy (non-hydrogen) atoms. The number of halogens is 1. The Hall–Kier alpha value is -0.990. The van der Waals surface area contributed by atoms with Crippen LogP contribution in [0.2, 0.25) is 0 Å². The molecule has 0 heterocycles. The number of carbonyl (C=O) groups is 1. The number of nitriles is 1. The molecule has 0 spiro atoms. The van der Waals surface area contributed by atoms with Crippen LogP contribution in [-0.4, -0.2) is 11.7 Å². The van der Waals surface area contributed by atoms with Crippen LogP contribution < -0.4 is 5.32 Å². The lowest BCUT2D eigenvalue weighted by molar-refractivity contribution is -0.117. The standard InChI is InChI=1S/C11H11BrN2OS/c1-7-4-10(8(2)3-9(7)12)16-5-11(15)14-6-13/h3-4H,5H2,1-2H3,(H,14,15). The third-order valence-corrected chi connectivity index (χ3v) is 4.02. The molecule has 0 radical (unpaired) electrons. The Bertz CT molecular complexity index is 454. The molecule has 1 N–H and O–H groups in total. The number of carbonyl (C=O) groups excluding carboxylic acids is 1. The van der Waals surface area contributed by atoms with Crippen molar-refractivity contribution in [2.75, 3.05) is 5.75 Å². The highest BCUT2D eigenvalue weighted by Gasteiger charge is 2.06. The number of amides is 1. The van der Waals surface area contributed by atoms with Crippen molar-refractivity contribution >= 4 is 33.6 Å². The summed E-state index contributed by atoms with van der Waals surface area (Å²) in [6, 6.07) is 4.06. The van der Waals surface area contributed by atoms with Gasteiger partial charge in [0.25, 0.3) is 0 Å². The van der Waals surface area contributed by atoms with Crippen LogP contribution in [-0.2, 0) is 4.79 Å². The third-order valence-electron chi connectivity index (χ3n) is 2.01. The van der Waals surface area contributed by atoms with Crippen molar-refractivity contribution in [2.45, 2.75) is 18.7 Å². The summed E-state index contributed by atoms with van der Waals surface area (Å²) >= 11 is 4.89. The van der Waals surface area contributed by atoms with Gasteiger partial charge in [0, 0.05) is 9.37 Å². The quantitative estimate of drug-likeness (QED) is 0.530. The van der Waals surface area contributed by atoms with Crippen molar-refractivity contribution < 1.29 is 4.79 Å². The fourth-order valence-electron chi connectivity index (χ4n) is 1.15. The molecule has 0 aromatic heterocycles. The van der Waals surface area contributed by atoms with Gasteiger partial charge in [-0.3, -0.25) is 10.1 Å². The molecule has 0 aliphatic rings. The van der Waals surface area contributed by atoms with Gasteiger partial charge >= 0.3 is 0 Å². The van der Waals surface area contributed by atoms with E-state index < -0.39 is 0 Å². The SMILES string of the molecule is Cc1cc(SCC(=O)NC#N)c(C)cc1Br. The minimum atomic E-state index is -0.271. The summed E-state index contributed by atoms with van der Waals surface area (Å²) in [5.74, 6) is -0.0115. The van der Waals surface area contributed by atoms with Gasteiger partial charge in [-0.15, -0.1) is 11.8 Å². The molecule has 1 rings (SSSR count). The van der Waals surface area contributed by atoms with Crippen LogP contribution in [0.25, 0.3) is 0 Å². The number of nitrogens with zero attached hydrogens (tertiary/aromatic N) is 1. The van der Waals surface area contributed by atoms with E-state index in [9.17, 15) is 4.79 Å². The van der Waals surface area contributed by atoms with Gasteiger partial charge < -0.3 is 0 Å². The average molecular weight is 299 g/mol. The Labute approximate surface area is 107 Å². The number of benzene rings is 1. The smallest absolute Gasteiger partial charge is 0.243 e. The monoisotopic (exact) mass is 298 g/mol. The summed E-state index contributed by atoms with van der Waals surface area (Å²) in [7, 11) is 0. The average Bonchev–Trinajstić information content (AvgIpc) is 2.22. The summed E-state index contributed by atoms with van der Waals surface area (Å²) in [6.45, 7) is 4.00. The molecule has 0 aliphatic carbocycles. The van der Waals surface area contributed by atoms with Gasteiger partial charge in [0.15, 0.2) is 6.19 Å². The molecule has 0 aliphatic heterocycles. The van der Waals surface area contributed by atoms with Crippen LogP contribution in [0.5, 0.6) is 0 Å². The van der Waals surface area contributed by atoms with Gasteiger partial charge in [-0.05, 0) is 37.1 Å². The minimum absolute atomic E-state index is 0.259. The molecule has 1 amide bonds. The van der Waals surface area contributed by atoms with Crippen LogP contribution in [0.15, 0.2) is 21.5 Å². The summed E-state index contributed by atoms with van der Waals surface area (Å²) < 4.78 is 1.07. The van der Waals surface area contributed by atoms with Crippen molar-refractivity contribution in [3.05, 3.63) is 27.7 Å². The third kappa shape index (κ3) is 3.54. The highest BCUT2D eigenvalue weighted by Crippen LogP contribution is 2.28. The van der Waals surface area contributed by atoms with E-state index in [1.807, 2.05) is 26.0 Å². The number of thioether (sulfide) groups is 1. The zero-order valence-corrected chi connectivity index (χ0v) is 11.4. The van der Waals surface area contributed by atoms with Gasteiger partial charge in [-0.2, -0.15) is 5.26 Å². The molecule has 5 heteroatoms.